The van der Waals surface area contributed by atoms with Gasteiger partial charge in [0.25, 0.3) is 0 Å². The maximum atomic E-state index is 6.14. The second kappa shape index (κ2) is 9.65. The Labute approximate surface area is 156 Å². The summed E-state index contributed by atoms with van der Waals surface area (Å²) in [6.45, 7) is 6.91. The predicted octanol–water partition coefficient (Wildman–Crippen LogP) is 4.37. The van der Waals surface area contributed by atoms with Crippen molar-refractivity contribution in [3.63, 3.8) is 0 Å². The number of hydrogen-bond acceptors (Lipinski definition) is 2. The lowest BCUT2D eigenvalue weighted by molar-refractivity contribution is 0.455. The molecule has 1 aliphatic carbocycles. The molecule has 2 N–H and O–H groups in total. The number of thioether (sulfide) groups is 1. The highest BCUT2D eigenvalue weighted by atomic mass is 127. The molecule has 1 aliphatic rings. The molecule has 0 aliphatic heterocycles. The van der Waals surface area contributed by atoms with Crippen molar-refractivity contribution in [3.05, 3.63) is 30.3 Å². The monoisotopic (exact) mass is 433 g/mol. The molecule has 0 saturated heterocycles. The molecule has 3 nitrogen and oxygen atoms in total. The first kappa shape index (κ1) is 19.6. The van der Waals surface area contributed by atoms with E-state index in [4.69, 9.17) is 10.7 Å². The normalized spacial score (nSPS) is 17.1. The highest BCUT2D eigenvalue weighted by Gasteiger charge is 2.35. The molecule has 0 spiro atoms. The van der Waals surface area contributed by atoms with E-state index >= 15 is 0 Å². The molecule has 0 heterocycles. The van der Waals surface area contributed by atoms with Crippen molar-refractivity contribution in [2.24, 2.45) is 10.7 Å². The first-order valence-corrected chi connectivity index (χ1v) is 8.79. The van der Waals surface area contributed by atoms with Gasteiger partial charge < -0.3 is 10.6 Å². The second-order valence-corrected chi connectivity index (χ2v) is 7.19. The van der Waals surface area contributed by atoms with E-state index in [1.807, 2.05) is 11.8 Å². The SMILES string of the molecule is CCN(CC)C(N)=NCC1(Sc2ccccc2)CCCC1.I. The van der Waals surface area contributed by atoms with Crippen molar-refractivity contribution in [2.45, 2.75) is 49.2 Å². The highest BCUT2D eigenvalue weighted by molar-refractivity contribution is 14.0. The molecule has 1 aromatic rings. The van der Waals surface area contributed by atoms with Crippen LogP contribution in [0.2, 0.25) is 0 Å². The van der Waals surface area contributed by atoms with Gasteiger partial charge in [-0.05, 0) is 38.8 Å². The van der Waals surface area contributed by atoms with Gasteiger partial charge in [0.05, 0.1) is 6.54 Å². The minimum atomic E-state index is 0. The molecule has 1 fully saturated rings. The van der Waals surface area contributed by atoms with Gasteiger partial charge in [-0.1, -0.05) is 31.0 Å². The standard InChI is InChI=1S/C17H27N3S.HI/c1-3-20(4-2)16(18)19-14-17(12-8-9-13-17)21-15-10-6-5-7-11-15;/h5-7,10-11H,3-4,8-9,12-14H2,1-2H3,(H2,18,19);1H. The number of nitrogens with two attached hydrogens (primary N) is 1. The van der Waals surface area contributed by atoms with Crippen molar-refractivity contribution in [1.82, 2.24) is 4.90 Å². The average molecular weight is 433 g/mol. The van der Waals surface area contributed by atoms with Crippen LogP contribution in [0, 0.1) is 0 Å². The number of benzene rings is 1. The van der Waals surface area contributed by atoms with E-state index in [2.05, 4.69) is 49.1 Å². The molecule has 0 unspecified atom stereocenters. The van der Waals surface area contributed by atoms with E-state index in [1.165, 1.54) is 30.6 Å². The number of aliphatic imine (C=N–C) groups is 1. The molecule has 124 valence electrons. The summed E-state index contributed by atoms with van der Waals surface area (Å²) in [6, 6.07) is 10.7. The minimum Gasteiger partial charge on any atom is -0.370 e. The maximum Gasteiger partial charge on any atom is 0.191 e. The molecule has 0 radical (unpaired) electrons. The number of guanidine groups is 1. The molecule has 2 rings (SSSR count). The molecule has 0 atom stereocenters. The lowest BCUT2D eigenvalue weighted by atomic mass is 10.1. The van der Waals surface area contributed by atoms with Crippen LogP contribution in [-0.4, -0.2) is 35.2 Å². The summed E-state index contributed by atoms with van der Waals surface area (Å²) in [7, 11) is 0. The first-order valence-electron chi connectivity index (χ1n) is 7.98. The average Bonchev–Trinajstić information content (AvgIpc) is 2.96. The van der Waals surface area contributed by atoms with E-state index in [9.17, 15) is 0 Å². The summed E-state index contributed by atoms with van der Waals surface area (Å²) in [4.78, 5) is 8.18. The van der Waals surface area contributed by atoms with Crippen LogP contribution in [0.4, 0.5) is 0 Å². The Bertz CT molecular complexity index is 454. The zero-order valence-electron chi connectivity index (χ0n) is 13.6. The fourth-order valence-electron chi connectivity index (χ4n) is 2.92. The summed E-state index contributed by atoms with van der Waals surface area (Å²) >= 11 is 1.99. The van der Waals surface area contributed by atoms with Gasteiger partial charge in [-0.15, -0.1) is 35.7 Å². The third-order valence-corrected chi connectivity index (χ3v) is 5.69. The van der Waals surface area contributed by atoms with Crippen molar-refractivity contribution < 1.29 is 0 Å². The van der Waals surface area contributed by atoms with Gasteiger partial charge in [-0.3, -0.25) is 4.99 Å². The van der Waals surface area contributed by atoms with Crippen molar-refractivity contribution in [1.29, 1.82) is 0 Å². The van der Waals surface area contributed by atoms with Crippen LogP contribution in [0.3, 0.4) is 0 Å². The quantitative estimate of drug-likeness (QED) is 0.412. The first-order chi connectivity index (χ1) is 10.2. The Hall–Kier alpha value is -0.430. The predicted molar refractivity (Wildman–Crippen MR) is 108 cm³/mol. The fraction of sp³-hybridized carbons (Fsp3) is 0.588. The fourth-order valence-corrected chi connectivity index (χ4v) is 4.34. The molecule has 0 amide bonds. The highest BCUT2D eigenvalue weighted by Crippen LogP contribution is 2.45. The van der Waals surface area contributed by atoms with Crippen molar-refractivity contribution in [3.8, 4) is 0 Å². The third-order valence-electron chi connectivity index (χ3n) is 4.21. The summed E-state index contributed by atoms with van der Waals surface area (Å²) in [5.74, 6) is 0.694. The maximum absolute atomic E-state index is 6.14. The molecular formula is C17H28IN3S. The lowest BCUT2D eigenvalue weighted by Gasteiger charge is -2.28. The Kier molecular flexibility index (Phi) is 8.61. The lowest BCUT2D eigenvalue weighted by Crippen LogP contribution is -2.38. The van der Waals surface area contributed by atoms with Gasteiger partial charge in [0.15, 0.2) is 5.96 Å². The number of hydrogen-bond donors (Lipinski definition) is 1. The molecule has 1 saturated carbocycles. The van der Waals surface area contributed by atoms with Gasteiger partial charge in [-0.2, -0.15) is 0 Å². The van der Waals surface area contributed by atoms with Crippen LogP contribution in [0.25, 0.3) is 0 Å². The zero-order chi connectivity index (χ0) is 15.1. The Morgan fingerprint density at radius 1 is 1.18 bits per heavy atom. The van der Waals surface area contributed by atoms with Gasteiger partial charge in [0, 0.05) is 22.7 Å². The molecule has 1 aromatic carbocycles. The van der Waals surface area contributed by atoms with Crippen LogP contribution in [-0.2, 0) is 0 Å². The topological polar surface area (TPSA) is 41.6 Å². The number of nitrogens with zero attached hydrogens (tertiary/aromatic N) is 2. The van der Waals surface area contributed by atoms with E-state index in [-0.39, 0.29) is 28.7 Å². The molecule has 0 bridgehead atoms. The van der Waals surface area contributed by atoms with Gasteiger partial charge in [-0.25, -0.2) is 0 Å². The van der Waals surface area contributed by atoms with Crippen molar-refractivity contribution >= 4 is 41.7 Å². The largest absolute Gasteiger partial charge is 0.370 e. The number of halogens is 1. The molecule has 0 aromatic heterocycles. The summed E-state index contributed by atoms with van der Waals surface area (Å²) in [6.07, 6.45) is 5.09. The summed E-state index contributed by atoms with van der Waals surface area (Å²) < 4.78 is 0.235. The third kappa shape index (κ3) is 5.33. The second-order valence-electron chi connectivity index (χ2n) is 5.65. The van der Waals surface area contributed by atoms with Crippen LogP contribution in [0.5, 0.6) is 0 Å². The van der Waals surface area contributed by atoms with Crippen LogP contribution >= 0.6 is 35.7 Å². The Balaban J connectivity index is 0.00000242. The molecule has 22 heavy (non-hydrogen) atoms. The van der Waals surface area contributed by atoms with Crippen LogP contribution in [0.15, 0.2) is 40.2 Å². The Morgan fingerprint density at radius 3 is 2.32 bits per heavy atom. The van der Waals surface area contributed by atoms with E-state index in [0.29, 0.717) is 5.96 Å². The van der Waals surface area contributed by atoms with E-state index in [0.717, 1.165) is 19.6 Å². The van der Waals surface area contributed by atoms with Gasteiger partial charge in [0.2, 0.25) is 0 Å². The van der Waals surface area contributed by atoms with Crippen molar-refractivity contribution in [2.75, 3.05) is 19.6 Å². The van der Waals surface area contributed by atoms with E-state index < -0.39 is 0 Å². The minimum absolute atomic E-state index is 0. The zero-order valence-corrected chi connectivity index (χ0v) is 16.8. The van der Waals surface area contributed by atoms with Crippen LogP contribution in [0.1, 0.15) is 39.5 Å². The van der Waals surface area contributed by atoms with Gasteiger partial charge >= 0.3 is 0 Å². The van der Waals surface area contributed by atoms with Crippen LogP contribution < -0.4 is 5.73 Å². The molecule has 5 heteroatoms. The summed E-state index contributed by atoms with van der Waals surface area (Å²) in [5, 5.41) is 0. The Morgan fingerprint density at radius 2 is 1.77 bits per heavy atom. The number of rotatable bonds is 6. The smallest absolute Gasteiger partial charge is 0.191 e. The summed E-state index contributed by atoms with van der Waals surface area (Å²) in [5.41, 5.74) is 6.14. The van der Waals surface area contributed by atoms with E-state index in [1.54, 1.807) is 0 Å². The molecular weight excluding hydrogens is 405 g/mol. The van der Waals surface area contributed by atoms with Gasteiger partial charge in [0.1, 0.15) is 0 Å².